The van der Waals surface area contributed by atoms with Crippen molar-refractivity contribution in [3.05, 3.63) is 23.8 Å². The molecule has 1 aromatic rings. The Balaban J connectivity index is 2.97. The predicted octanol–water partition coefficient (Wildman–Crippen LogP) is 1.77. The quantitative estimate of drug-likeness (QED) is 0.815. The van der Waals surface area contributed by atoms with Crippen molar-refractivity contribution in [1.82, 2.24) is 0 Å². The number of rotatable bonds is 6. The Morgan fingerprint density at radius 1 is 1.44 bits per heavy atom. The number of alkyl halides is 2. The summed E-state index contributed by atoms with van der Waals surface area (Å²) in [6.45, 7) is -3.00. The second kappa shape index (κ2) is 6.15. The van der Waals surface area contributed by atoms with E-state index in [-0.39, 0.29) is 17.9 Å². The maximum atomic E-state index is 12.2. The van der Waals surface area contributed by atoms with Crippen LogP contribution in [0.25, 0.3) is 0 Å². The lowest BCUT2D eigenvalue weighted by Crippen LogP contribution is -2.15. The molecule has 0 aromatic heterocycles. The molecule has 100 valence electrons. The highest BCUT2D eigenvalue weighted by Crippen LogP contribution is 2.31. The van der Waals surface area contributed by atoms with Crippen LogP contribution in [-0.4, -0.2) is 24.8 Å². The molecular formula is C11H13F2NO4. The number of carboxylic acid groups (broad SMARTS) is 1. The maximum Gasteiger partial charge on any atom is 0.387 e. The third kappa shape index (κ3) is 3.85. The van der Waals surface area contributed by atoms with Gasteiger partial charge in [-0.15, -0.1) is 0 Å². The predicted molar refractivity (Wildman–Crippen MR) is 58.8 cm³/mol. The summed E-state index contributed by atoms with van der Waals surface area (Å²) in [4.78, 5) is 10.5. The van der Waals surface area contributed by atoms with Crippen LogP contribution in [-0.2, 0) is 4.79 Å². The summed E-state index contributed by atoms with van der Waals surface area (Å²) in [7, 11) is 1.31. The topological polar surface area (TPSA) is 81.8 Å². The smallest absolute Gasteiger partial charge is 0.387 e. The SMILES string of the molecule is COc1ccc(C(N)CC(=O)O)cc1OC(F)F. The molecule has 1 atom stereocenters. The first-order valence-corrected chi connectivity index (χ1v) is 5.04. The minimum Gasteiger partial charge on any atom is -0.493 e. The number of halogens is 2. The van der Waals surface area contributed by atoms with Crippen molar-refractivity contribution in [1.29, 1.82) is 0 Å². The third-order valence-corrected chi connectivity index (χ3v) is 2.23. The molecule has 7 heteroatoms. The van der Waals surface area contributed by atoms with E-state index in [4.69, 9.17) is 15.6 Å². The van der Waals surface area contributed by atoms with E-state index in [0.717, 1.165) is 0 Å². The first kappa shape index (κ1) is 14.2. The minimum atomic E-state index is -3.00. The number of carboxylic acids is 1. The van der Waals surface area contributed by atoms with Crippen molar-refractivity contribution in [2.75, 3.05) is 7.11 Å². The summed E-state index contributed by atoms with van der Waals surface area (Å²) in [6, 6.07) is 3.35. The minimum absolute atomic E-state index is 0.126. The van der Waals surface area contributed by atoms with Crippen molar-refractivity contribution in [3.63, 3.8) is 0 Å². The molecule has 0 amide bonds. The number of carbonyl (C=O) groups is 1. The van der Waals surface area contributed by atoms with E-state index in [1.165, 1.54) is 25.3 Å². The van der Waals surface area contributed by atoms with E-state index >= 15 is 0 Å². The van der Waals surface area contributed by atoms with Gasteiger partial charge in [-0.3, -0.25) is 4.79 Å². The summed E-state index contributed by atoms with van der Waals surface area (Å²) in [6.07, 6.45) is -0.305. The number of methoxy groups -OCH3 is 1. The summed E-state index contributed by atoms with van der Waals surface area (Å²) in [5.41, 5.74) is 6.01. The molecule has 5 nitrogen and oxygen atoms in total. The Hall–Kier alpha value is -1.89. The van der Waals surface area contributed by atoms with Crippen LogP contribution in [0.2, 0.25) is 0 Å². The monoisotopic (exact) mass is 261 g/mol. The fourth-order valence-electron chi connectivity index (χ4n) is 1.42. The van der Waals surface area contributed by atoms with E-state index in [9.17, 15) is 13.6 Å². The van der Waals surface area contributed by atoms with Crippen LogP contribution in [0.1, 0.15) is 18.0 Å². The second-order valence-corrected chi connectivity index (χ2v) is 3.49. The largest absolute Gasteiger partial charge is 0.493 e. The Kier molecular flexibility index (Phi) is 4.85. The molecule has 0 bridgehead atoms. The first-order chi connectivity index (χ1) is 8.43. The molecule has 0 heterocycles. The van der Waals surface area contributed by atoms with E-state index in [1.807, 2.05) is 0 Å². The lowest BCUT2D eigenvalue weighted by Gasteiger charge is -2.14. The van der Waals surface area contributed by atoms with E-state index in [0.29, 0.717) is 5.56 Å². The van der Waals surface area contributed by atoms with Crippen LogP contribution in [0.4, 0.5) is 8.78 Å². The standard InChI is InChI=1S/C11H13F2NO4/c1-17-8-3-2-6(7(14)5-10(15)16)4-9(8)18-11(12)13/h2-4,7,11H,5,14H2,1H3,(H,15,16). The van der Waals surface area contributed by atoms with Crippen LogP contribution in [0.15, 0.2) is 18.2 Å². The maximum absolute atomic E-state index is 12.2. The number of benzene rings is 1. The summed E-state index contributed by atoms with van der Waals surface area (Å²) >= 11 is 0. The molecule has 0 radical (unpaired) electrons. The highest BCUT2D eigenvalue weighted by Gasteiger charge is 2.16. The third-order valence-electron chi connectivity index (χ3n) is 2.23. The van der Waals surface area contributed by atoms with E-state index < -0.39 is 18.6 Å². The van der Waals surface area contributed by atoms with Gasteiger partial charge in [0, 0.05) is 6.04 Å². The van der Waals surface area contributed by atoms with Crippen LogP contribution in [0.3, 0.4) is 0 Å². The van der Waals surface area contributed by atoms with Gasteiger partial charge in [0.1, 0.15) is 0 Å². The zero-order valence-corrected chi connectivity index (χ0v) is 9.60. The Morgan fingerprint density at radius 2 is 2.11 bits per heavy atom. The van der Waals surface area contributed by atoms with Crippen molar-refractivity contribution in [2.24, 2.45) is 5.73 Å². The zero-order chi connectivity index (χ0) is 13.7. The van der Waals surface area contributed by atoms with Gasteiger partial charge in [0.2, 0.25) is 0 Å². The molecular weight excluding hydrogens is 248 g/mol. The van der Waals surface area contributed by atoms with Crippen LogP contribution >= 0.6 is 0 Å². The molecule has 1 rings (SSSR count). The molecule has 0 spiro atoms. The molecule has 1 unspecified atom stereocenters. The normalized spacial score (nSPS) is 12.3. The Bertz CT molecular complexity index is 426. The fraction of sp³-hybridized carbons (Fsp3) is 0.364. The van der Waals surface area contributed by atoms with Crippen LogP contribution in [0.5, 0.6) is 11.5 Å². The molecule has 18 heavy (non-hydrogen) atoms. The van der Waals surface area contributed by atoms with Crippen molar-refractivity contribution < 1.29 is 28.2 Å². The highest BCUT2D eigenvalue weighted by atomic mass is 19.3. The molecule has 1 aromatic carbocycles. The van der Waals surface area contributed by atoms with Gasteiger partial charge in [-0.05, 0) is 17.7 Å². The van der Waals surface area contributed by atoms with Crippen LogP contribution < -0.4 is 15.2 Å². The van der Waals surface area contributed by atoms with Gasteiger partial charge in [0.25, 0.3) is 0 Å². The average Bonchev–Trinajstić information content (AvgIpc) is 2.27. The molecule has 0 saturated carbocycles. The first-order valence-electron chi connectivity index (χ1n) is 5.04. The van der Waals surface area contributed by atoms with Gasteiger partial charge < -0.3 is 20.3 Å². The average molecular weight is 261 g/mol. The zero-order valence-electron chi connectivity index (χ0n) is 9.60. The highest BCUT2D eigenvalue weighted by molar-refractivity contribution is 5.68. The molecule has 0 aliphatic heterocycles. The van der Waals surface area contributed by atoms with Gasteiger partial charge in [-0.2, -0.15) is 8.78 Å². The molecule has 3 N–H and O–H groups in total. The van der Waals surface area contributed by atoms with Crippen molar-refractivity contribution in [2.45, 2.75) is 19.1 Å². The number of nitrogens with two attached hydrogens (primary N) is 1. The molecule has 0 saturated heterocycles. The van der Waals surface area contributed by atoms with Gasteiger partial charge in [0.05, 0.1) is 13.5 Å². The van der Waals surface area contributed by atoms with Gasteiger partial charge in [-0.25, -0.2) is 0 Å². The van der Waals surface area contributed by atoms with E-state index in [1.54, 1.807) is 0 Å². The van der Waals surface area contributed by atoms with Crippen molar-refractivity contribution >= 4 is 5.97 Å². The lowest BCUT2D eigenvalue weighted by molar-refractivity contribution is -0.137. The molecule has 0 fully saturated rings. The molecule has 0 aliphatic carbocycles. The fourth-order valence-corrected chi connectivity index (χ4v) is 1.42. The summed E-state index contributed by atoms with van der Waals surface area (Å²) in [5.74, 6) is -1.12. The van der Waals surface area contributed by atoms with Crippen LogP contribution in [0, 0.1) is 0 Å². The molecule has 0 aliphatic rings. The summed E-state index contributed by atoms with van der Waals surface area (Å²) < 4.78 is 33.5. The van der Waals surface area contributed by atoms with Crippen molar-refractivity contribution in [3.8, 4) is 11.5 Å². The lowest BCUT2D eigenvalue weighted by atomic mass is 10.0. The number of hydrogen-bond acceptors (Lipinski definition) is 4. The number of ether oxygens (including phenoxy) is 2. The number of hydrogen-bond donors (Lipinski definition) is 2. The Labute approximate surface area is 102 Å². The van der Waals surface area contributed by atoms with Gasteiger partial charge in [-0.1, -0.05) is 6.07 Å². The Morgan fingerprint density at radius 3 is 2.61 bits per heavy atom. The van der Waals surface area contributed by atoms with E-state index in [2.05, 4.69) is 4.74 Å². The summed E-state index contributed by atoms with van der Waals surface area (Å²) in [5, 5.41) is 8.60. The van der Waals surface area contributed by atoms with Gasteiger partial charge in [0.15, 0.2) is 11.5 Å². The van der Waals surface area contributed by atoms with Gasteiger partial charge >= 0.3 is 12.6 Å². The number of aliphatic carboxylic acids is 1. The second-order valence-electron chi connectivity index (χ2n) is 3.49.